The Morgan fingerprint density at radius 3 is 2.43 bits per heavy atom. The third kappa shape index (κ3) is 7.66. The monoisotopic (exact) mass is 611 g/mol. The molecule has 1 unspecified atom stereocenters. The van der Waals surface area contributed by atoms with E-state index in [1.54, 1.807) is 20.8 Å². The van der Waals surface area contributed by atoms with Gasteiger partial charge in [-0.2, -0.15) is 13.2 Å². The van der Waals surface area contributed by atoms with Crippen molar-refractivity contribution in [2.75, 3.05) is 19.0 Å². The van der Waals surface area contributed by atoms with Gasteiger partial charge in [-0.05, 0) is 61.6 Å². The molecule has 1 amide bonds. The Bertz CT molecular complexity index is 1120. The van der Waals surface area contributed by atoms with E-state index in [4.69, 9.17) is 9.47 Å². The van der Waals surface area contributed by atoms with Gasteiger partial charge in [0.05, 0.1) is 23.6 Å². The summed E-state index contributed by atoms with van der Waals surface area (Å²) in [5, 5.41) is 14.3. The van der Waals surface area contributed by atoms with Gasteiger partial charge in [-0.15, -0.1) is 0 Å². The Morgan fingerprint density at radius 1 is 1.23 bits per heavy atom. The van der Waals surface area contributed by atoms with Crippen LogP contribution in [0.4, 0.5) is 29.3 Å². The smallest absolute Gasteiger partial charge is 0.481 e. The molecule has 1 aromatic heterocycles. The second kappa shape index (κ2) is 11.0. The van der Waals surface area contributed by atoms with Crippen molar-refractivity contribution in [3.05, 3.63) is 55.3 Å². The zero-order valence-electron chi connectivity index (χ0n) is 18.9. The van der Waals surface area contributed by atoms with Crippen LogP contribution in [0.3, 0.4) is 0 Å². The summed E-state index contributed by atoms with van der Waals surface area (Å²) >= 11 is 1.86. The molecule has 1 aromatic carbocycles. The number of alkyl halides is 3. The number of aromatic nitrogens is 1. The van der Waals surface area contributed by atoms with Crippen molar-refractivity contribution in [1.29, 1.82) is 0 Å². The molecule has 14 heteroatoms. The summed E-state index contributed by atoms with van der Waals surface area (Å²) in [5.74, 6) is -3.73. The molecule has 0 saturated carbocycles. The molecule has 10 nitrogen and oxygen atoms in total. The van der Waals surface area contributed by atoms with Crippen molar-refractivity contribution in [3.8, 4) is 5.88 Å². The second-order valence-electron chi connectivity index (χ2n) is 8.02. The Labute approximate surface area is 211 Å². The van der Waals surface area contributed by atoms with Crippen molar-refractivity contribution < 1.29 is 41.9 Å². The predicted molar refractivity (Wildman–Crippen MR) is 125 cm³/mol. The molecule has 0 bridgehead atoms. The molecule has 190 valence electrons. The number of pyridine rings is 1. The number of methoxy groups -OCH3 is 1. The molecule has 1 N–H and O–H groups in total. The molecule has 35 heavy (non-hydrogen) atoms. The molecule has 2 rings (SSSR count). The van der Waals surface area contributed by atoms with E-state index in [0.29, 0.717) is 3.57 Å². The maximum absolute atomic E-state index is 12.8. The van der Waals surface area contributed by atoms with E-state index in [1.807, 2.05) is 22.6 Å². The lowest BCUT2D eigenvalue weighted by atomic mass is 9.91. The number of nitro benzene ring substituents is 1. The SMILES string of the molecule is COc1nccc(I)c1C(COC(=O)C(F)(F)F)c1ccc(NC(=O)OC(C)(C)C)cc1[N+](=O)[O-]. The zero-order chi connectivity index (χ0) is 26.6. The number of amides is 1. The van der Waals surface area contributed by atoms with Crippen LogP contribution in [0.5, 0.6) is 5.88 Å². The van der Waals surface area contributed by atoms with Gasteiger partial charge < -0.3 is 14.2 Å². The summed E-state index contributed by atoms with van der Waals surface area (Å²) in [7, 11) is 1.27. The number of nitrogens with zero attached hydrogens (tertiary/aromatic N) is 2. The van der Waals surface area contributed by atoms with Crippen LogP contribution in [0.25, 0.3) is 0 Å². The highest BCUT2D eigenvalue weighted by molar-refractivity contribution is 14.1. The predicted octanol–water partition coefficient (Wildman–Crippen LogP) is 5.19. The molecule has 1 heterocycles. The molecular formula is C21H21F3IN3O7. The van der Waals surface area contributed by atoms with Crippen molar-refractivity contribution in [2.45, 2.75) is 38.5 Å². The molecule has 0 fully saturated rings. The van der Waals surface area contributed by atoms with Crippen LogP contribution >= 0.6 is 22.6 Å². The Kier molecular flexibility index (Phi) is 8.86. The number of rotatable bonds is 7. The average molecular weight is 611 g/mol. The highest BCUT2D eigenvalue weighted by Gasteiger charge is 2.42. The fourth-order valence-corrected chi connectivity index (χ4v) is 3.74. The summed E-state index contributed by atoms with van der Waals surface area (Å²) in [6, 6.07) is 5.08. The van der Waals surface area contributed by atoms with E-state index in [-0.39, 0.29) is 22.7 Å². The highest BCUT2D eigenvalue weighted by atomic mass is 127. The largest absolute Gasteiger partial charge is 0.490 e. The lowest BCUT2D eigenvalue weighted by molar-refractivity contribution is -0.385. The van der Waals surface area contributed by atoms with Gasteiger partial charge in [0.15, 0.2) is 0 Å². The van der Waals surface area contributed by atoms with E-state index >= 15 is 0 Å². The third-order valence-electron chi connectivity index (χ3n) is 4.30. The standard InChI is InChI=1S/C21H21F3IN3O7/c1-20(2,3)35-19(30)27-11-5-6-12(15(9-11)28(31)32)13(10-34-18(29)21(22,23)24)16-14(25)7-8-26-17(16)33-4/h5-9,13H,10H2,1-4H3,(H,27,30). The number of anilines is 1. The summed E-state index contributed by atoms with van der Waals surface area (Å²) < 4.78 is 53.5. The van der Waals surface area contributed by atoms with Gasteiger partial charge in [0.1, 0.15) is 12.2 Å². The van der Waals surface area contributed by atoms with E-state index in [1.165, 1.54) is 31.5 Å². The van der Waals surface area contributed by atoms with Gasteiger partial charge in [0.2, 0.25) is 5.88 Å². The highest BCUT2D eigenvalue weighted by Crippen LogP contribution is 2.39. The Balaban J connectivity index is 2.57. The lowest BCUT2D eigenvalue weighted by Gasteiger charge is -2.22. The van der Waals surface area contributed by atoms with Gasteiger partial charge in [0, 0.05) is 27.0 Å². The van der Waals surface area contributed by atoms with E-state index < -0.39 is 47.0 Å². The number of benzene rings is 1. The molecule has 0 spiro atoms. The van der Waals surface area contributed by atoms with Crippen LogP contribution in [0.15, 0.2) is 30.5 Å². The normalized spacial score (nSPS) is 12.5. The van der Waals surface area contributed by atoms with Crippen LogP contribution in [0, 0.1) is 13.7 Å². The van der Waals surface area contributed by atoms with Gasteiger partial charge >= 0.3 is 18.2 Å². The van der Waals surface area contributed by atoms with Gasteiger partial charge in [0.25, 0.3) is 5.69 Å². The number of carbonyl (C=O) groups is 2. The van der Waals surface area contributed by atoms with Crippen LogP contribution < -0.4 is 10.1 Å². The molecule has 0 aliphatic carbocycles. The fourth-order valence-electron chi connectivity index (χ4n) is 2.98. The number of nitro groups is 1. The molecule has 0 aliphatic heterocycles. The number of esters is 1. The number of hydrogen-bond donors (Lipinski definition) is 1. The quantitative estimate of drug-likeness (QED) is 0.196. The average Bonchev–Trinajstić information content (AvgIpc) is 2.72. The van der Waals surface area contributed by atoms with Gasteiger partial charge in [-0.25, -0.2) is 14.6 Å². The Hall–Kier alpha value is -3.17. The molecule has 1 atom stereocenters. The van der Waals surface area contributed by atoms with Crippen LogP contribution in [0.2, 0.25) is 0 Å². The number of hydrogen-bond acceptors (Lipinski definition) is 8. The van der Waals surface area contributed by atoms with E-state index in [0.717, 1.165) is 6.07 Å². The molecular weight excluding hydrogens is 590 g/mol. The van der Waals surface area contributed by atoms with Crippen LogP contribution in [0.1, 0.15) is 37.8 Å². The zero-order valence-corrected chi connectivity index (χ0v) is 21.1. The first-order chi connectivity index (χ1) is 16.1. The van der Waals surface area contributed by atoms with Crippen LogP contribution in [-0.2, 0) is 14.3 Å². The third-order valence-corrected chi connectivity index (χ3v) is 5.24. The topological polar surface area (TPSA) is 130 Å². The Morgan fingerprint density at radius 2 is 1.89 bits per heavy atom. The number of halogens is 4. The maximum atomic E-state index is 12.8. The second-order valence-corrected chi connectivity index (χ2v) is 9.18. The summed E-state index contributed by atoms with van der Waals surface area (Å²) in [6.07, 6.45) is -4.74. The number of carbonyl (C=O) groups excluding carboxylic acids is 2. The molecule has 0 saturated heterocycles. The maximum Gasteiger partial charge on any atom is 0.490 e. The molecule has 0 aliphatic rings. The van der Waals surface area contributed by atoms with Crippen molar-refractivity contribution in [1.82, 2.24) is 4.98 Å². The summed E-state index contributed by atoms with van der Waals surface area (Å²) in [5.41, 5.74) is -1.27. The van der Waals surface area contributed by atoms with E-state index in [2.05, 4.69) is 15.0 Å². The first-order valence-electron chi connectivity index (χ1n) is 9.84. The summed E-state index contributed by atoms with van der Waals surface area (Å²) in [6.45, 7) is 4.01. The van der Waals surface area contributed by atoms with Crippen molar-refractivity contribution >= 4 is 46.0 Å². The minimum Gasteiger partial charge on any atom is -0.481 e. The first-order valence-corrected chi connectivity index (χ1v) is 10.9. The van der Waals surface area contributed by atoms with Gasteiger partial charge in [-0.3, -0.25) is 15.4 Å². The first kappa shape index (κ1) is 28.1. The van der Waals surface area contributed by atoms with Gasteiger partial charge in [-0.1, -0.05) is 0 Å². The molecule has 0 radical (unpaired) electrons. The lowest BCUT2D eigenvalue weighted by Crippen LogP contribution is -2.28. The van der Waals surface area contributed by atoms with Crippen molar-refractivity contribution in [3.63, 3.8) is 0 Å². The summed E-state index contributed by atoms with van der Waals surface area (Å²) in [4.78, 5) is 38.6. The minimum atomic E-state index is -5.26. The molecule has 2 aromatic rings. The van der Waals surface area contributed by atoms with Crippen molar-refractivity contribution in [2.24, 2.45) is 0 Å². The minimum absolute atomic E-state index is 0.00795. The van der Waals surface area contributed by atoms with E-state index in [9.17, 15) is 32.9 Å². The van der Waals surface area contributed by atoms with Crippen LogP contribution in [-0.4, -0.2) is 47.5 Å². The number of nitrogens with one attached hydrogen (secondary N) is 1. The fraction of sp³-hybridized carbons (Fsp3) is 0.381. The number of ether oxygens (including phenoxy) is 3.